The molecule has 0 saturated heterocycles. The molecule has 1 nitrogen and oxygen atoms in total. The van der Waals surface area contributed by atoms with Crippen molar-refractivity contribution in [1.29, 1.82) is 5.26 Å². The molecule has 2 rings (SSSR count). The van der Waals surface area contributed by atoms with Crippen molar-refractivity contribution in [3.8, 4) is 17.2 Å². The van der Waals surface area contributed by atoms with Crippen LogP contribution in [0.4, 0.5) is 0 Å². The third-order valence-electron chi connectivity index (χ3n) is 2.69. The Morgan fingerprint density at radius 3 is 2.26 bits per heavy atom. The maximum Gasteiger partial charge on any atom is 0.0685 e. The quantitative estimate of drug-likeness (QED) is 0.616. The van der Waals surface area contributed by atoms with Crippen molar-refractivity contribution < 1.29 is 0 Å². The van der Waals surface area contributed by atoms with Crippen molar-refractivity contribution in [2.24, 2.45) is 0 Å². The van der Waals surface area contributed by atoms with Gasteiger partial charge in [0, 0.05) is 10.6 Å². The topological polar surface area (TPSA) is 23.8 Å². The van der Waals surface area contributed by atoms with Gasteiger partial charge < -0.3 is 0 Å². The van der Waals surface area contributed by atoms with Crippen molar-refractivity contribution in [2.75, 3.05) is 0 Å². The zero-order valence-corrected chi connectivity index (χ0v) is 12.6. The lowest BCUT2D eigenvalue weighted by Crippen LogP contribution is -1.92. The highest BCUT2D eigenvalue weighted by atomic mass is 35.5. The van der Waals surface area contributed by atoms with Gasteiger partial charge in [-0.3, -0.25) is 0 Å². The van der Waals surface area contributed by atoms with E-state index in [-0.39, 0.29) is 6.42 Å². The van der Waals surface area contributed by atoms with E-state index in [2.05, 4.69) is 6.07 Å². The number of benzene rings is 2. The van der Waals surface area contributed by atoms with E-state index in [9.17, 15) is 0 Å². The second kappa shape index (κ2) is 6.03. The molecular formula is C14H7Cl4N. The minimum Gasteiger partial charge on any atom is -0.198 e. The number of halogens is 4. The number of hydrogen-bond acceptors (Lipinski definition) is 1. The first-order chi connectivity index (χ1) is 9.06. The fourth-order valence-electron chi connectivity index (χ4n) is 1.83. The van der Waals surface area contributed by atoms with Crippen LogP contribution in [0.15, 0.2) is 30.3 Å². The van der Waals surface area contributed by atoms with E-state index in [0.29, 0.717) is 31.2 Å². The highest BCUT2D eigenvalue weighted by Crippen LogP contribution is 2.41. The predicted octanol–water partition coefficient (Wildman–Crippen LogP) is 6.03. The summed E-state index contributed by atoms with van der Waals surface area (Å²) >= 11 is 24.6. The largest absolute Gasteiger partial charge is 0.198 e. The molecule has 2 aromatic rings. The molecular weight excluding hydrogens is 324 g/mol. The lowest BCUT2D eigenvalue weighted by Gasteiger charge is -2.13. The maximum atomic E-state index is 8.91. The summed E-state index contributed by atoms with van der Waals surface area (Å²) in [5.41, 5.74) is 2.02. The molecule has 2 aromatic carbocycles. The Bertz CT molecular complexity index is 674. The molecule has 0 aliphatic carbocycles. The maximum absolute atomic E-state index is 8.91. The second-order valence-electron chi connectivity index (χ2n) is 3.82. The molecule has 0 fully saturated rings. The van der Waals surface area contributed by atoms with Crippen molar-refractivity contribution in [3.63, 3.8) is 0 Å². The van der Waals surface area contributed by atoms with E-state index in [4.69, 9.17) is 51.7 Å². The van der Waals surface area contributed by atoms with E-state index in [1.54, 1.807) is 24.3 Å². The van der Waals surface area contributed by atoms with Gasteiger partial charge in [-0.05, 0) is 29.3 Å². The molecule has 0 heterocycles. The van der Waals surface area contributed by atoms with Crippen LogP contribution in [0.1, 0.15) is 5.56 Å². The van der Waals surface area contributed by atoms with Crippen molar-refractivity contribution in [3.05, 3.63) is 56.0 Å². The number of nitrogens with zero attached hydrogens (tertiary/aromatic N) is 1. The van der Waals surface area contributed by atoms with Gasteiger partial charge in [-0.25, -0.2) is 0 Å². The number of nitriles is 1. The second-order valence-corrected chi connectivity index (χ2v) is 5.42. The molecule has 0 spiro atoms. The van der Waals surface area contributed by atoms with Crippen LogP contribution in [0, 0.1) is 11.3 Å². The fourth-order valence-corrected chi connectivity index (χ4v) is 2.80. The average molecular weight is 331 g/mol. The Balaban J connectivity index is 2.77. The Morgan fingerprint density at radius 1 is 0.895 bits per heavy atom. The lowest BCUT2D eigenvalue weighted by atomic mass is 9.98. The molecule has 0 aliphatic rings. The van der Waals surface area contributed by atoms with Crippen LogP contribution in [0.3, 0.4) is 0 Å². The zero-order chi connectivity index (χ0) is 14.0. The Kier molecular flexibility index (Phi) is 4.60. The van der Waals surface area contributed by atoms with Gasteiger partial charge in [-0.2, -0.15) is 5.26 Å². The molecule has 0 atom stereocenters. The fraction of sp³-hybridized carbons (Fsp3) is 0.0714. The SMILES string of the molecule is N#CCc1c(Cl)cccc1-c1c(Cl)ccc(Cl)c1Cl. The molecule has 96 valence electrons. The summed E-state index contributed by atoms with van der Waals surface area (Å²) in [6, 6.07) is 10.7. The summed E-state index contributed by atoms with van der Waals surface area (Å²) in [6.07, 6.45) is 0.175. The number of rotatable bonds is 2. The van der Waals surface area contributed by atoms with Crippen LogP contribution < -0.4 is 0 Å². The predicted molar refractivity (Wildman–Crippen MR) is 81.2 cm³/mol. The van der Waals surface area contributed by atoms with Crippen LogP contribution in [-0.4, -0.2) is 0 Å². The zero-order valence-electron chi connectivity index (χ0n) is 9.55. The molecule has 0 radical (unpaired) electrons. The molecule has 0 saturated carbocycles. The van der Waals surface area contributed by atoms with Crippen LogP contribution >= 0.6 is 46.4 Å². The lowest BCUT2D eigenvalue weighted by molar-refractivity contribution is 1.26. The van der Waals surface area contributed by atoms with Crippen LogP contribution in [0.25, 0.3) is 11.1 Å². The standard InChI is InChI=1S/C14H7Cl4N/c15-10-3-1-2-9(8(10)6-7-19)13-11(16)4-5-12(17)14(13)18/h1-5H,6H2. The van der Waals surface area contributed by atoms with Crippen molar-refractivity contribution >= 4 is 46.4 Å². The van der Waals surface area contributed by atoms with Gasteiger partial charge in [-0.15, -0.1) is 0 Å². The van der Waals surface area contributed by atoms with Crippen molar-refractivity contribution in [2.45, 2.75) is 6.42 Å². The highest BCUT2D eigenvalue weighted by Gasteiger charge is 2.16. The van der Waals surface area contributed by atoms with Gasteiger partial charge in [0.15, 0.2) is 0 Å². The Labute approximate surface area is 131 Å². The third-order valence-corrected chi connectivity index (χ3v) is 4.16. The van der Waals surface area contributed by atoms with Crippen LogP contribution in [-0.2, 0) is 6.42 Å². The van der Waals surface area contributed by atoms with E-state index < -0.39 is 0 Å². The van der Waals surface area contributed by atoms with E-state index >= 15 is 0 Å². The summed E-state index contributed by atoms with van der Waals surface area (Å²) in [6.45, 7) is 0. The van der Waals surface area contributed by atoms with Gasteiger partial charge in [0.1, 0.15) is 0 Å². The molecule has 0 N–H and O–H groups in total. The first-order valence-electron chi connectivity index (χ1n) is 5.34. The van der Waals surface area contributed by atoms with Gasteiger partial charge in [0.05, 0.1) is 27.6 Å². The summed E-state index contributed by atoms with van der Waals surface area (Å²) in [5, 5.41) is 10.6. The van der Waals surface area contributed by atoms with Crippen LogP contribution in [0.5, 0.6) is 0 Å². The summed E-state index contributed by atoms with van der Waals surface area (Å²) in [7, 11) is 0. The highest BCUT2D eigenvalue weighted by molar-refractivity contribution is 6.46. The van der Waals surface area contributed by atoms with E-state index in [0.717, 1.165) is 5.56 Å². The molecule has 0 amide bonds. The van der Waals surface area contributed by atoms with Crippen LogP contribution in [0.2, 0.25) is 20.1 Å². The van der Waals surface area contributed by atoms with Gasteiger partial charge >= 0.3 is 0 Å². The van der Waals surface area contributed by atoms with Gasteiger partial charge in [-0.1, -0.05) is 58.5 Å². The van der Waals surface area contributed by atoms with Gasteiger partial charge in [0.2, 0.25) is 0 Å². The monoisotopic (exact) mass is 329 g/mol. The molecule has 0 unspecified atom stereocenters. The van der Waals surface area contributed by atoms with Crippen molar-refractivity contribution in [1.82, 2.24) is 0 Å². The smallest absolute Gasteiger partial charge is 0.0685 e. The van der Waals surface area contributed by atoms with E-state index in [1.165, 1.54) is 0 Å². The molecule has 0 aliphatic heterocycles. The minimum absolute atomic E-state index is 0.175. The number of hydrogen-bond donors (Lipinski definition) is 0. The molecule has 19 heavy (non-hydrogen) atoms. The first kappa shape index (κ1) is 14.5. The summed E-state index contributed by atoms with van der Waals surface area (Å²) < 4.78 is 0. The summed E-state index contributed by atoms with van der Waals surface area (Å²) in [4.78, 5) is 0. The molecule has 5 heteroatoms. The Hall–Kier alpha value is -0.910. The Morgan fingerprint density at radius 2 is 1.58 bits per heavy atom. The third kappa shape index (κ3) is 2.83. The van der Waals surface area contributed by atoms with Gasteiger partial charge in [0.25, 0.3) is 0 Å². The normalized spacial score (nSPS) is 10.3. The average Bonchev–Trinajstić information content (AvgIpc) is 2.38. The summed E-state index contributed by atoms with van der Waals surface area (Å²) in [5.74, 6) is 0. The first-order valence-corrected chi connectivity index (χ1v) is 6.85. The molecule has 0 aromatic heterocycles. The van der Waals surface area contributed by atoms with E-state index in [1.807, 2.05) is 6.07 Å². The molecule has 0 bridgehead atoms. The minimum atomic E-state index is 0.175.